The molecule has 1 fully saturated rings. The van der Waals surface area contributed by atoms with Gasteiger partial charge in [-0.15, -0.1) is 0 Å². The van der Waals surface area contributed by atoms with Crippen LogP contribution >= 0.6 is 0 Å². The fourth-order valence-electron chi connectivity index (χ4n) is 3.34. The van der Waals surface area contributed by atoms with Crippen LogP contribution in [0.15, 0.2) is 36.5 Å². The fraction of sp³-hybridized carbons (Fsp3) is 0.500. The van der Waals surface area contributed by atoms with Gasteiger partial charge < -0.3 is 5.11 Å². The van der Waals surface area contributed by atoms with E-state index >= 15 is 0 Å². The third kappa shape index (κ3) is 2.94. The molecule has 0 amide bonds. The molecule has 0 saturated carbocycles. The molecule has 0 bridgehead atoms. The van der Waals surface area contributed by atoms with Crippen LogP contribution in [0.5, 0.6) is 0 Å². The van der Waals surface area contributed by atoms with Crippen LogP contribution in [0, 0.1) is 5.41 Å². The lowest BCUT2D eigenvalue weighted by Crippen LogP contribution is -2.41. The van der Waals surface area contributed by atoms with Crippen LogP contribution < -0.4 is 0 Å². The Kier molecular flexibility index (Phi) is 4.22. The van der Waals surface area contributed by atoms with Crippen molar-refractivity contribution in [3.63, 3.8) is 0 Å². The number of pyridine rings is 1. The number of hydrogen-bond acceptors (Lipinski definition) is 3. The van der Waals surface area contributed by atoms with Crippen LogP contribution in [-0.4, -0.2) is 34.7 Å². The lowest BCUT2D eigenvalue weighted by Gasteiger charge is -2.40. The molecule has 1 aromatic heterocycles. The Balaban J connectivity index is 1.73. The van der Waals surface area contributed by atoms with Gasteiger partial charge in [-0.1, -0.05) is 31.2 Å². The van der Waals surface area contributed by atoms with E-state index in [-0.39, 0.29) is 5.41 Å². The molecule has 112 valence electrons. The average Bonchev–Trinajstić information content (AvgIpc) is 2.56. The quantitative estimate of drug-likeness (QED) is 0.936. The number of aromatic nitrogens is 1. The van der Waals surface area contributed by atoms with Crippen LogP contribution in [-0.2, 0) is 6.54 Å². The average molecular weight is 284 g/mol. The minimum absolute atomic E-state index is 0.160. The first kappa shape index (κ1) is 14.5. The Labute approximate surface area is 126 Å². The molecule has 3 rings (SSSR count). The van der Waals surface area contributed by atoms with E-state index < -0.39 is 0 Å². The fourth-order valence-corrected chi connectivity index (χ4v) is 3.34. The first-order chi connectivity index (χ1) is 10.3. The molecule has 1 aliphatic heterocycles. The summed E-state index contributed by atoms with van der Waals surface area (Å²) in [4.78, 5) is 7.03. The molecule has 1 aromatic carbocycles. The van der Waals surface area contributed by atoms with Gasteiger partial charge in [0, 0.05) is 24.7 Å². The molecule has 1 N–H and O–H groups in total. The predicted octanol–water partition coefficient (Wildman–Crippen LogP) is 3.22. The molecule has 0 atom stereocenters. The van der Waals surface area contributed by atoms with Crippen molar-refractivity contribution < 1.29 is 5.11 Å². The Hall–Kier alpha value is -1.45. The Morgan fingerprint density at radius 1 is 1.19 bits per heavy atom. The number of hydrogen-bond donors (Lipinski definition) is 1. The zero-order valence-corrected chi connectivity index (χ0v) is 12.8. The van der Waals surface area contributed by atoms with Gasteiger partial charge in [0.2, 0.25) is 0 Å². The Bertz CT molecular complexity index is 592. The monoisotopic (exact) mass is 284 g/mol. The van der Waals surface area contributed by atoms with E-state index in [4.69, 9.17) is 0 Å². The highest BCUT2D eigenvalue weighted by Gasteiger charge is 2.32. The minimum atomic E-state index is 0.160. The Morgan fingerprint density at radius 2 is 1.95 bits per heavy atom. The minimum Gasteiger partial charge on any atom is -0.396 e. The highest BCUT2D eigenvalue weighted by molar-refractivity contribution is 5.81. The van der Waals surface area contributed by atoms with Crippen molar-refractivity contribution in [2.45, 2.75) is 32.7 Å². The zero-order valence-electron chi connectivity index (χ0n) is 12.8. The molecular weight excluding hydrogens is 260 g/mol. The summed E-state index contributed by atoms with van der Waals surface area (Å²) >= 11 is 0. The van der Waals surface area contributed by atoms with Crippen LogP contribution in [0.25, 0.3) is 10.9 Å². The van der Waals surface area contributed by atoms with E-state index in [0.29, 0.717) is 6.61 Å². The standard InChI is InChI=1S/C18H24N2O/c1-2-18(14-21)8-11-20(12-9-18)13-16-6-3-5-15-7-4-10-19-17(15)16/h3-7,10,21H,2,8-9,11-14H2,1H3. The molecule has 2 heterocycles. The van der Waals surface area contributed by atoms with Crippen molar-refractivity contribution in [2.24, 2.45) is 5.41 Å². The maximum Gasteiger partial charge on any atom is 0.0746 e. The van der Waals surface area contributed by atoms with E-state index in [1.807, 2.05) is 12.3 Å². The molecule has 3 heteroatoms. The number of aliphatic hydroxyl groups is 1. The summed E-state index contributed by atoms with van der Waals surface area (Å²) in [5.74, 6) is 0. The number of rotatable bonds is 4. The van der Waals surface area contributed by atoms with Gasteiger partial charge in [-0.05, 0) is 49.4 Å². The normalized spacial score (nSPS) is 19.0. The third-order valence-corrected chi connectivity index (χ3v) is 5.11. The number of nitrogens with zero attached hydrogens (tertiary/aromatic N) is 2. The molecule has 0 radical (unpaired) electrons. The summed E-state index contributed by atoms with van der Waals surface area (Å²) in [6, 6.07) is 10.5. The van der Waals surface area contributed by atoms with Crippen molar-refractivity contribution in [2.75, 3.05) is 19.7 Å². The summed E-state index contributed by atoms with van der Waals surface area (Å²) in [6.45, 7) is 5.61. The molecule has 0 unspecified atom stereocenters. The molecular formula is C18H24N2O. The second-order valence-corrected chi connectivity index (χ2v) is 6.28. The van der Waals surface area contributed by atoms with E-state index in [2.05, 4.69) is 41.1 Å². The highest BCUT2D eigenvalue weighted by Crippen LogP contribution is 2.34. The van der Waals surface area contributed by atoms with Gasteiger partial charge in [-0.3, -0.25) is 9.88 Å². The molecule has 2 aromatic rings. The molecule has 0 spiro atoms. The van der Waals surface area contributed by atoms with Crippen molar-refractivity contribution in [1.29, 1.82) is 0 Å². The lowest BCUT2D eigenvalue weighted by atomic mass is 9.77. The van der Waals surface area contributed by atoms with E-state index in [9.17, 15) is 5.11 Å². The summed E-state index contributed by atoms with van der Waals surface area (Å²) in [7, 11) is 0. The first-order valence-corrected chi connectivity index (χ1v) is 7.92. The second kappa shape index (κ2) is 6.12. The van der Waals surface area contributed by atoms with Crippen molar-refractivity contribution in [1.82, 2.24) is 9.88 Å². The van der Waals surface area contributed by atoms with Gasteiger partial charge in [0.05, 0.1) is 5.52 Å². The largest absolute Gasteiger partial charge is 0.396 e. The topological polar surface area (TPSA) is 36.4 Å². The van der Waals surface area contributed by atoms with E-state index in [0.717, 1.165) is 44.4 Å². The third-order valence-electron chi connectivity index (χ3n) is 5.11. The number of benzene rings is 1. The number of fused-ring (bicyclic) bond motifs is 1. The molecule has 1 saturated heterocycles. The number of likely N-dealkylation sites (tertiary alicyclic amines) is 1. The van der Waals surface area contributed by atoms with Crippen LogP contribution in [0.2, 0.25) is 0 Å². The number of aliphatic hydroxyl groups excluding tert-OH is 1. The maximum atomic E-state index is 9.63. The van der Waals surface area contributed by atoms with E-state index in [1.54, 1.807) is 0 Å². The summed E-state index contributed by atoms with van der Waals surface area (Å²) in [5, 5.41) is 10.8. The summed E-state index contributed by atoms with van der Waals surface area (Å²) in [5.41, 5.74) is 2.59. The van der Waals surface area contributed by atoms with Gasteiger partial charge in [0.15, 0.2) is 0 Å². The SMILES string of the molecule is CCC1(CO)CCN(Cc2cccc3cccnc23)CC1. The second-order valence-electron chi connectivity index (χ2n) is 6.28. The molecule has 3 nitrogen and oxygen atoms in total. The van der Waals surface area contributed by atoms with Gasteiger partial charge in [-0.2, -0.15) is 0 Å². The zero-order chi connectivity index (χ0) is 14.7. The van der Waals surface area contributed by atoms with Gasteiger partial charge in [0.1, 0.15) is 0 Å². The lowest BCUT2D eigenvalue weighted by molar-refractivity contribution is 0.0383. The maximum absolute atomic E-state index is 9.63. The van der Waals surface area contributed by atoms with Crippen molar-refractivity contribution >= 4 is 10.9 Å². The van der Waals surface area contributed by atoms with Crippen molar-refractivity contribution in [3.05, 3.63) is 42.1 Å². The summed E-state index contributed by atoms with van der Waals surface area (Å²) in [6.07, 6.45) is 5.14. The number of piperidine rings is 1. The first-order valence-electron chi connectivity index (χ1n) is 7.92. The van der Waals surface area contributed by atoms with Crippen molar-refractivity contribution in [3.8, 4) is 0 Å². The molecule has 1 aliphatic rings. The highest BCUT2D eigenvalue weighted by atomic mass is 16.3. The van der Waals surface area contributed by atoms with Gasteiger partial charge >= 0.3 is 0 Å². The van der Waals surface area contributed by atoms with E-state index in [1.165, 1.54) is 10.9 Å². The molecule has 21 heavy (non-hydrogen) atoms. The summed E-state index contributed by atoms with van der Waals surface area (Å²) < 4.78 is 0. The van der Waals surface area contributed by atoms with Gasteiger partial charge in [0.25, 0.3) is 0 Å². The van der Waals surface area contributed by atoms with Crippen LogP contribution in [0.4, 0.5) is 0 Å². The predicted molar refractivity (Wildman–Crippen MR) is 86.1 cm³/mol. The molecule has 0 aliphatic carbocycles. The van der Waals surface area contributed by atoms with Crippen LogP contribution in [0.1, 0.15) is 31.7 Å². The smallest absolute Gasteiger partial charge is 0.0746 e. The number of para-hydroxylation sites is 1. The Morgan fingerprint density at radius 3 is 2.67 bits per heavy atom. The van der Waals surface area contributed by atoms with Crippen LogP contribution in [0.3, 0.4) is 0 Å². The van der Waals surface area contributed by atoms with Gasteiger partial charge in [-0.25, -0.2) is 0 Å².